The first-order chi connectivity index (χ1) is 14.4. The van der Waals surface area contributed by atoms with Crippen LogP contribution in [0.1, 0.15) is 46.3 Å². The van der Waals surface area contributed by atoms with Crippen molar-refractivity contribution < 1.29 is 9.32 Å². The average molecular weight is 407 g/mol. The predicted octanol–water partition coefficient (Wildman–Crippen LogP) is 2.62. The molecule has 4 heterocycles. The molecule has 0 spiro atoms. The van der Waals surface area contributed by atoms with E-state index in [1.807, 2.05) is 30.0 Å². The Morgan fingerprint density at radius 1 is 1.17 bits per heavy atom. The zero-order valence-corrected chi connectivity index (χ0v) is 17.7. The number of hydrogen-bond acceptors (Lipinski definition) is 8. The van der Waals surface area contributed by atoms with E-state index >= 15 is 0 Å². The first kappa shape index (κ1) is 19.9. The van der Waals surface area contributed by atoms with Gasteiger partial charge in [0, 0.05) is 57.3 Å². The maximum atomic E-state index is 12.9. The highest BCUT2D eigenvalue weighted by molar-refractivity contribution is 5.96. The third-order valence-electron chi connectivity index (χ3n) is 5.43. The lowest BCUT2D eigenvalue weighted by atomic mass is 9.92. The molecule has 1 aliphatic rings. The second-order valence-electron chi connectivity index (χ2n) is 7.73. The highest BCUT2D eigenvalue weighted by Crippen LogP contribution is 2.31. The van der Waals surface area contributed by atoms with Gasteiger partial charge in [-0.3, -0.25) is 9.78 Å². The summed E-state index contributed by atoms with van der Waals surface area (Å²) in [5.74, 6) is 2.20. The average Bonchev–Trinajstić information content (AvgIpc) is 3.11. The van der Waals surface area contributed by atoms with Crippen molar-refractivity contribution in [3.8, 4) is 11.5 Å². The molecular weight excluding hydrogens is 382 g/mol. The van der Waals surface area contributed by atoms with Gasteiger partial charge in [0.1, 0.15) is 22.8 Å². The summed E-state index contributed by atoms with van der Waals surface area (Å²) in [4.78, 5) is 34.6. The minimum absolute atomic E-state index is 0.0124. The Balaban J connectivity index is 1.54. The molecule has 0 atom stereocenters. The van der Waals surface area contributed by atoms with E-state index in [4.69, 9.17) is 9.51 Å². The Kier molecular flexibility index (Phi) is 5.43. The van der Waals surface area contributed by atoms with Crippen molar-refractivity contribution in [1.82, 2.24) is 30.0 Å². The highest BCUT2D eigenvalue weighted by atomic mass is 16.5. The van der Waals surface area contributed by atoms with Gasteiger partial charge in [-0.15, -0.1) is 0 Å². The Morgan fingerprint density at radius 2 is 1.93 bits per heavy atom. The van der Waals surface area contributed by atoms with Crippen LogP contribution >= 0.6 is 0 Å². The van der Waals surface area contributed by atoms with Gasteiger partial charge in [0.15, 0.2) is 5.82 Å². The van der Waals surface area contributed by atoms with Gasteiger partial charge in [-0.1, -0.05) is 5.16 Å². The molecule has 0 unspecified atom stereocenters. The molecule has 0 N–H and O–H groups in total. The fraction of sp³-hybridized carbons (Fsp3) is 0.429. The molecule has 9 nitrogen and oxygen atoms in total. The van der Waals surface area contributed by atoms with Crippen LogP contribution in [-0.2, 0) is 0 Å². The molecule has 3 aromatic heterocycles. The zero-order chi connectivity index (χ0) is 21.3. The van der Waals surface area contributed by atoms with E-state index in [1.165, 1.54) is 0 Å². The van der Waals surface area contributed by atoms with Crippen molar-refractivity contribution in [2.75, 3.05) is 32.1 Å². The van der Waals surface area contributed by atoms with E-state index in [9.17, 15) is 4.79 Å². The van der Waals surface area contributed by atoms with E-state index in [1.54, 1.807) is 32.4 Å². The summed E-state index contributed by atoms with van der Waals surface area (Å²) >= 11 is 0. The van der Waals surface area contributed by atoms with E-state index in [2.05, 4.69) is 20.1 Å². The van der Waals surface area contributed by atoms with Gasteiger partial charge in [-0.25, -0.2) is 15.0 Å². The lowest BCUT2D eigenvalue weighted by Gasteiger charge is -2.32. The van der Waals surface area contributed by atoms with Gasteiger partial charge < -0.3 is 14.3 Å². The number of amides is 1. The summed E-state index contributed by atoms with van der Waals surface area (Å²) < 4.78 is 5.16. The minimum atomic E-state index is -0.0124. The van der Waals surface area contributed by atoms with Crippen LogP contribution in [0.15, 0.2) is 29.2 Å². The number of rotatable bonds is 4. The maximum Gasteiger partial charge on any atom is 0.259 e. The Morgan fingerprint density at radius 3 is 2.53 bits per heavy atom. The molecule has 1 aliphatic heterocycles. The summed E-state index contributed by atoms with van der Waals surface area (Å²) in [5.41, 5.74) is 2.84. The van der Waals surface area contributed by atoms with Crippen LogP contribution in [0.2, 0.25) is 0 Å². The number of nitrogens with zero attached hydrogens (tertiary/aromatic N) is 7. The van der Waals surface area contributed by atoms with Gasteiger partial charge in [0.05, 0.1) is 11.9 Å². The molecule has 0 bridgehead atoms. The van der Waals surface area contributed by atoms with Crippen molar-refractivity contribution in [3.63, 3.8) is 0 Å². The highest BCUT2D eigenvalue weighted by Gasteiger charge is 2.29. The summed E-state index contributed by atoms with van der Waals surface area (Å²) in [6.07, 6.45) is 6.60. The van der Waals surface area contributed by atoms with Crippen molar-refractivity contribution >= 4 is 11.7 Å². The number of aromatic nitrogens is 5. The van der Waals surface area contributed by atoms with Gasteiger partial charge in [-0.2, -0.15) is 0 Å². The van der Waals surface area contributed by atoms with Gasteiger partial charge in [0.25, 0.3) is 5.91 Å². The first-order valence-electron chi connectivity index (χ1n) is 9.99. The standard InChI is InChI=1S/C21H25N7O2/c1-13-19(14(2)30-26-13)21(29)28-9-5-15(6-10-28)16-11-18(27(3)4)25-20(24-16)17-12-22-7-8-23-17/h7-8,11-12,15H,5-6,9-10H2,1-4H3. The third kappa shape index (κ3) is 3.87. The Bertz CT molecular complexity index is 1020. The quantitative estimate of drug-likeness (QED) is 0.650. The summed E-state index contributed by atoms with van der Waals surface area (Å²) in [6, 6.07) is 2.02. The molecule has 0 aliphatic carbocycles. The monoisotopic (exact) mass is 407 g/mol. The van der Waals surface area contributed by atoms with Crippen molar-refractivity contribution in [1.29, 1.82) is 0 Å². The van der Waals surface area contributed by atoms with Crippen LogP contribution in [0, 0.1) is 13.8 Å². The predicted molar refractivity (Wildman–Crippen MR) is 111 cm³/mol. The third-order valence-corrected chi connectivity index (χ3v) is 5.43. The normalized spacial score (nSPS) is 14.7. The molecule has 1 saturated heterocycles. The van der Waals surface area contributed by atoms with E-state index in [0.717, 1.165) is 24.4 Å². The smallest absolute Gasteiger partial charge is 0.259 e. The number of aryl methyl sites for hydroxylation is 2. The molecule has 1 amide bonds. The van der Waals surface area contributed by atoms with E-state index < -0.39 is 0 Å². The molecule has 0 radical (unpaired) electrons. The lowest BCUT2D eigenvalue weighted by Crippen LogP contribution is -2.38. The largest absolute Gasteiger partial charge is 0.363 e. The molecule has 4 rings (SSSR count). The van der Waals surface area contributed by atoms with Crippen molar-refractivity contribution in [2.24, 2.45) is 0 Å². The number of carbonyl (C=O) groups excluding carboxylic acids is 1. The number of piperidine rings is 1. The molecule has 1 fully saturated rings. The van der Waals surface area contributed by atoms with Crippen molar-refractivity contribution in [2.45, 2.75) is 32.6 Å². The topological polar surface area (TPSA) is 101 Å². The molecule has 0 aromatic carbocycles. The van der Waals surface area contributed by atoms with Crippen molar-refractivity contribution in [3.05, 3.63) is 47.4 Å². The molecule has 0 saturated carbocycles. The molecule has 3 aromatic rings. The zero-order valence-electron chi connectivity index (χ0n) is 17.7. The summed E-state index contributed by atoms with van der Waals surface area (Å²) in [5, 5.41) is 3.90. The lowest BCUT2D eigenvalue weighted by molar-refractivity contribution is 0.0709. The van der Waals surface area contributed by atoms with Crippen LogP contribution in [0.5, 0.6) is 0 Å². The molecule has 30 heavy (non-hydrogen) atoms. The number of carbonyl (C=O) groups is 1. The van der Waals surface area contributed by atoms with E-state index in [-0.39, 0.29) is 11.8 Å². The van der Waals surface area contributed by atoms with Gasteiger partial charge in [-0.05, 0) is 26.7 Å². The minimum Gasteiger partial charge on any atom is -0.363 e. The maximum absolute atomic E-state index is 12.9. The summed E-state index contributed by atoms with van der Waals surface area (Å²) in [7, 11) is 3.91. The SMILES string of the molecule is Cc1noc(C)c1C(=O)N1CCC(c2cc(N(C)C)nc(-c3cnccn3)n2)CC1. The second-order valence-corrected chi connectivity index (χ2v) is 7.73. The molecule has 9 heteroatoms. The van der Waals surface area contributed by atoms with Crippen LogP contribution < -0.4 is 4.90 Å². The van der Waals surface area contributed by atoms with Crippen LogP contribution in [0.3, 0.4) is 0 Å². The van der Waals surface area contributed by atoms with Crippen LogP contribution in [0.25, 0.3) is 11.5 Å². The second kappa shape index (κ2) is 8.17. The Hall–Kier alpha value is -3.36. The van der Waals surface area contributed by atoms with Gasteiger partial charge in [0.2, 0.25) is 0 Å². The molecule has 156 valence electrons. The first-order valence-corrected chi connectivity index (χ1v) is 9.99. The fourth-order valence-electron chi connectivity index (χ4n) is 3.74. The van der Waals surface area contributed by atoms with Crippen LogP contribution in [-0.4, -0.2) is 63.1 Å². The van der Waals surface area contributed by atoms with Crippen LogP contribution in [0.4, 0.5) is 5.82 Å². The number of likely N-dealkylation sites (tertiary alicyclic amines) is 1. The fourth-order valence-corrected chi connectivity index (χ4v) is 3.74. The van der Waals surface area contributed by atoms with E-state index in [0.29, 0.717) is 41.6 Å². The van der Waals surface area contributed by atoms with Gasteiger partial charge >= 0.3 is 0 Å². The number of hydrogen-bond donors (Lipinski definition) is 0. The summed E-state index contributed by atoms with van der Waals surface area (Å²) in [6.45, 7) is 4.90. The molecular formula is C21H25N7O2. The number of anilines is 1. The Labute approximate surface area is 175 Å².